The van der Waals surface area contributed by atoms with Crippen molar-refractivity contribution in [2.24, 2.45) is 0 Å². The Bertz CT molecular complexity index is 1280. The summed E-state index contributed by atoms with van der Waals surface area (Å²) < 4.78 is 12.7. The van der Waals surface area contributed by atoms with Crippen LogP contribution in [0.5, 0.6) is 5.88 Å². The largest absolute Gasteiger partial charge is 0.481 e. The smallest absolute Gasteiger partial charge is 0.258 e. The van der Waals surface area contributed by atoms with E-state index in [0.29, 0.717) is 24.1 Å². The fourth-order valence-electron chi connectivity index (χ4n) is 3.24. The van der Waals surface area contributed by atoms with Gasteiger partial charge < -0.3 is 9.26 Å². The third-order valence-corrected chi connectivity index (χ3v) is 4.62. The van der Waals surface area contributed by atoms with Crippen LogP contribution < -0.4 is 4.74 Å². The fourth-order valence-corrected chi connectivity index (χ4v) is 3.24. The van der Waals surface area contributed by atoms with Crippen molar-refractivity contribution in [3.8, 4) is 28.7 Å². The van der Waals surface area contributed by atoms with Gasteiger partial charge in [0.2, 0.25) is 11.7 Å². The van der Waals surface area contributed by atoms with E-state index in [1.807, 2.05) is 54.6 Å². The van der Waals surface area contributed by atoms with Crippen LogP contribution in [0.25, 0.3) is 33.7 Å². The molecule has 3 heterocycles. The Labute approximate surface area is 165 Å². The van der Waals surface area contributed by atoms with Crippen molar-refractivity contribution in [2.75, 3.05) is 7.11 Å². The van der Waals surface area contributed by atoms with E-state index in [4.69, 9.17) is 9.26 Å². The lowest BCUT2D eigenvalue weighted by Gasteiger charge is -2.06. The maximum atomic E-state index is 5.62. The minimum absolute atomic E-state index is 0.440. The second-order valence-corrected chi connectivity index (χ2v) is 6.40. The van der Waals surface area contributed by atoms with Crippen molar-refractivity contribution in [3.05, 3.63) is 72.8 Å². The van der Waals surface area contributed by atoms with Crippen molar-refractivity contribution >= 4 is 10.9 Å². The molecule has 0 amide bonds. The number of hydrogen-bond donors (Lipinski definition) is 0. The normalized spacial score (nSPS) is 11.1. The van der Waals surface area contributed by atoms with E-state index in [0.717, 1.165) is 27.6 Å². The molecule has 0 atom stereocenters. The monoisotopic (exact) mass is 384 g/mol. The number of nitrogens with zero attached hydrogens (tertiary/aromatic N) is 6. The van der Waals surface area contributed by atoms with Crippen molar-refractivity contribution in [2.45, 2.75) is 6.54 Å². The lowest BCUT2D eigenvalue weighted by atomic mass is 10.1. The van der Waals surface area contributed by atoms with Crippen LogP contribution in [0.2, 0.25) is 0 Å². The van der Waals surface area contributed by atoms with Gasteiger partial charge in [0.05, 0.1) is 19.2 Å². The van der Waals surface area contributed by atoms with Crippen LogP contribution >= 0.6 is 0 Å². The molecular formula is C21H16N6O2. The molecule has 0 N–H and O–H groups in total. The highest BCUT2D eigenvalue weighted by molar-refractivity contribution is 5.93. The number of hydrogen-bond acceptors (Lipinski definition) is 7. The Morgan fingerprint density at radius 3 is 2.72 bits per heavy atom. The maximum absolute atomic E-state index is 5.62. The molecule has 5 aromatic rings. The van der Waals surface area contributed by atoms with Crippen molar-refractivity contribution < 1.29 is 9.26 Å². The molecule has 0 bridgehead atoms. The van der Waals surface area contributed by atoms with Crippen molar-refractivity contribution in [1.82, 2.24) is 29.9 Å². The average Bonchev–Trinajstić information content (AvgIpc) is 3.46. The Kier molecular flexibility index (Phi) is 4.21. The summed E-state index contributed by atoms with van der Waals surface area (Å²) in [6.45, 7) is 0.555. The standard InChI is InChI=1S/C21H16N6O2/c1-28-19-10-17(16-8-4-5-9-18(16)24-19)20-25-21(29-26-20)15-7-3-2-6-14(15)11-27-13-22-12-23-27/h2-10,12-13H,11H2,1H3. The van der Waals surface area contributed by atoms with Gasteiger partial charge in [-0.05, 0) is 17.7 Å². The number of benzene rings is 2. The molecule has 5 rings (SSSR count). The first-order valence-electron chi connectivity index (χ1n) is 9.00. The topological polar surface area (TPSA) is 91.8 Å². The molecule has 0 saturated heterocycles. The van der Waals surface area contributed by atoms with Gasteiger partial charge in [-0.1, -0.05) is 41.6 Å². The Morgan fingerprint density at radius 1 is 1.00 bits per heavy atom. The Hall–Kier alpha value is -4.07. The molecule has 0 unspecified atom stereocenters. The number of para-hydroxylation sites is 1. The zero-order valence-corrected chi connectivity index (χ0v) is 15.6. The number of methoxy groups -OCH3 is 1. The predicted molar refractivity (Wildman–Crippen MR) is 106 cm³/mol. The van der Waals surface area contributed by atoms with E-state index in [2.05, 4.69) is 25.2 Å². The summed E-state index contributed by atoms with van der Waals surface area (Å²) in [7, 11) is 1.59. The van der Waals surface area contributed by atoms with Gasteiger partial charge in [0.1, 0.15) is 12.7 Å². The van der Waals surface area contributed by atoms with Crippen LogP contribution in [-0.2, 0) is 6.54 Å². The molecular weight excluding hydrogens is 368 g/mol. The minimum Gasteiger partial charge on any atom is -0.481 e. The molecule has 0 fully saturated rings. The van der Waals surface area contributed by atoms with E-state index in [1.165, 1.54) is 6.33 Å². The lowest BCUT2D eigenvalue weighted by Crippen LogP contribution is -2.01. The van der Waals surface area contributed by atoms with Crippen LogP contribution in [0.4, 0.5) is 0 Å². The van der Waals surface area contributed by atoms with Gasteiger partial charge in [0.15, 0.2) is 0 Å². The van der Waals surface area contributed by atoms with Gasteiger partial charge >= 0.3 is 0 Å². The fraction of sp³-hybridized carbons (Fsp3) is 0.0952. The SMILES string of the molecule is COc1cc(-c2noc(-c3ccccc3Cn3cncn3)n2)c2ccccc2n1. The van der Waals surface area contributed by atoms with E-state index in [9.17, 15) is 0 Å². The first-order valence-corrected chi connectivity index (χ1v) is 9.00. The van der Waals surface area contributed by atoms with Crippen LogP contribution in [-0.4, -0.2) is 37.0 Å². The molecule has 142 valence electrons. The van der Waals surface area contributed by atoms with Crippen molar-refractivity contribution in [3.63, 3.8) is 0 Å². The number of aromatic nitrogens is 6. The van der Waals surface area contributed by atoms with Crippen LogP contribution in [0.3, 0.4) is 0 Å². The van der Waals surface area contributed by atoms with Gasteiger partial charge in [-0.25, -0.2) is 14.6 Å². The Balaban J connectivity index is 1.59. The highest BCUT2D eigenvalue weighted by atomic mass is 16.5. The highest BCUT2D eigenvalue weighted by Gasteiger charge is 2.17. The third kappa shape index (κ3) is 3.20. The molecule has 2 aromatic carbocycles. The van der Waals surface area contributed by atoms with E-state index in [-0.39, 0.29) is 0 Å². The van der Waals surface area contributed by atoms with Gasteiger partial charge in [0.25, 0.3) is 5.89 Å². The summed E-state index contributed by atoms with van der Waals surface area (Å²) in [6, 6.07) is 17.5. The van der Waals surface area contributed by atoms with E-state index >= 15 is 0 Å². The summed E-state index contributed by atoms with van der Waals surface area (Å²) in [6.07, 6.45) is 3.18. The molecule has 0 saturated carbocycles. The first kappa shape index (κ1) is 17.1. The highest BCUT2D eigenvalue weighted by Crippen LogP contribution is 2.31. The quantitative estimate of drug-likeness (QED) is 0.457. The molecule has 0 aliphatic rings. The van der Waals surface area contributed by atoms with E-state index in [1.54, 1.807) is 18.1 Å². The summed E-state index contributed by atoms with van der Waals surface area (Å²) >= 11 is 0. The maximum Gasteiger partial charge on any atom is 0.258 e. The second kappa shape index (κ2) is 7.16. The van der Waals surface area contributed by atoms with Crippen LogP contribution in [0.15, 0.2) is 71.8 Å². The lowest BCUT2D eigenvalue weighted by molar-refractivity contribution is 0.399. The molecule has 0 aliphatic heterocycles. The average molecular weight is 384 g/mol. The molecule has 8 nitrogen and oxygen atoms in total. The van der Waals surface area contributed by atoms with Crippen molar-refractivity contribution in [1.29, 1.82) is 0 Å². The number of ether oxygens (including phenoxy) is 1. The molecule has 8 heteroatoms. The summed E-state index contributed by atoms with van der Waals surface area (Å²) in [4.78, 5) is 13.1. The molecule has 0 radical (unpaired) electrons. The number of rotatable bonds is 5. The summed E-state index contributed by atoms with van der Waals surface area (Å²) in [5, 5.41) is 9.32. The predicted octanol–water partition coefficient (Wildman–Crippen LogP) is 3.60. The van der Waals surface area contributed by atoms with Gasteiger partial charge in [0, 0.05) is 22.6 Å². The zero-order valence-electron chi connectivity index (χ0n) is 15.6. The molecule has 3 aromatic heterocycles. The number of fused-ring (bicyclic) bond motifs is 1. The Morgan fingerprint density at radius 2 is 1.86 bits per heavy atom. The van der Waals surface area contributed by atoms with Gasteiger partial charge in [-0.2, -0.15) is 10.1 Å². The molecule has 0 spiro atoms. The minimum atomic E-state index is 0.440. The van der Waals surface area contributed by atoms with Gasteiger partial charge in [-0.15, -0.1) is 0 Å². The van der Waals surface area contributed by atoms with Crippen LogP contribution in [0.1, 0.15) is 5.56 Å². The van der Waals surface area contributed by atoms with Gasteiger partial charge in [-0.3, -0.25) is 0 Å². The van der Waals surface area contributed by atoms with Crippen LogP contribution in [0, 0.1) is 0 Å². The molecule has 29 heavy (non-hydrogen) atoms. The number of pyridine rings is 1. The summed E-state index contributed by atoms with van der Waals surface area (Å²) in [5.41, 5.74) is 3.47. The first-order chi connectivity index (χ1) is 14.3. The van der Waals surface area contributed by atoms with E-state index < -0.39 is 0 Å². The summed E-state index contributed by atoms with van der Waals surface area (Å²) in [5.74, 6) is 1.42. The second-order valence-electron chi connectivity index (χ2n) is 6.40. The zero-order chi connectivity index (χ0) is 19.6. The third-order valence-electron chi connectivity index (χ3n) is 4.62. The molecule has 0 aliphatic carbocycles.